The van der Waals surface area contributed by atoms with E-state index in [1.165, 1.54) is 33.4 Å². The summed E-state index contributed by atoms with van der Waals surface area (Å²) in [5.74, 6) is 0.983. The Bertz CT molecular complexity index is 594. The van der Waals surface area contributed by atoms with Crippen molar-refractivity contribution in [3.05, 3.63) is 52.6 Å². The molecular weight excluding hydrogens is 246 g/mol. The van der Waals surface area contributed by atoms with E-state index in [1.54, 1.807) is 7.11 Å². The summed E-state index contributed by atoms with van der Waals surface area (Å²) in [5.41, 5.74) is 7.52. The zero-order valence-corrected chi connectivity index (χ0v) is 13.0. The lowest BCUT2D eigenvalue weighted by Gasteiger charge is -2.15. The minimum absolute atomic E-state index is 0.875. The van der Waals surface area contributed by atoms with Crippen LogP contribution in [-0.2, 0) is 6.54 Å². The van der Waals surface area contributed by atoms with Crippen LogP contribution in [0.3, 0.4) is 0 Å². The second-order valence-electron chi connectivity index (χ2n) is 5.33. The molecule has 0 aliphatic heterocycles. The van der Waals surface area contributed by atoms with Crippen LogP contribution in [0.25, 0.3) is 11.1 Å². The van der Waals surface area contributed by atoms with Crippen LogP contribution < -0.4 is 10.1 Å². The normalized spacial score (nSPS) is 10.7. The zero-order valence-electron chi connectivity index (χ0n) is 13.0. The molecule has 2 aromatic rings. The Balaban J connectivity index is 2.59. The monoisotopic (exact) mass is 269 g/mol. The molecule has 0 aliphatic rings. The molecule has 106 valence electrons. The number of hydrogen-bond donors (Lipinski definition) is 1. The second kappa shape index (κ2) is 6.10. The van der Waals surface area contributed by atoms with Gasteiger partial charge in [0.25, 0.3) is 0 Å². The van der Waals surface area contributed by atoms with Crippen molar-refractivity contribution < 1.29 is 4.74 Å². The van der Waals surface area contributed by atoms with E-state index in [-0.39, 0.29) is 0 Å². The first kappa shape index (κ1) is 14.6. The zero-order chi connectivity index (χ0) is 14.7. The van der Waals surface area contributed by atoms with E-state index in [2.05, 4.69) is 56.4 Å². The van der Waals surface area contributed by atoms with E-state index in [0.29, 0.717) is 0 Å². The largest absolute Gasteiger partial charge is 0.496 e. The molecule has 0 heterocycles. The fourth-order valence-electron chi connectivity index (χ4n) is 2.73. The maximum Gasteiger partial charge on any atom is 0.124 e. The third kappa shape index (κ3) is 2.86. The molecule has 0 saturated heterocycles. The van der Waals surface area contributed by atoms with Gasteiger partial charge in [0.1, 0.15) is 5.75 Å². The van der Waals surface area contributed by atoms with Crippen molar-refractivity contribution in [1.82, 2.24) is 5.32 Å². The Hall–Kier alpha value is -1.80. The summed E-state index contributed by atoms with van der Waals surface area (Å²) < 4.78 is 5.46. The predicted octanol–water partition coefficient (Wildman–Crippen LogP) is 4.01. The van der Waals surface area contributed by atoms with Gasteiger partial charge in [-0.2, -0.15) is 0 Å². The number of rotatable bonds is 4. The van der Waals surface area contributed by atoms with Crippen molar-refractivity contribution in [2.24, 2.45) is 0 Å². The van der Waals surface area contributed by atoms with E-state index >= 15 is 0 Å². The van der Waals surface area contributed by atoms with Gasteiger partial charge in [0.2, 0.25) is 0 Å². The van der Waals surface area contributed by atoms with Crippen LogP contribution in [0.15, 0.2) is 30.3 Å². The average molecular weight is 269 g/mol. The lowest BCUT2D eigenvalue weighted by atomic mass is 9.94. The Labute approximate surface area is 121 Å². The predicted molar refractivity (Wildman–Crippen MR) is 85.4 cm³/mol. The lowest BCUT2D eigenvalue weighted by molar-refractivity contribution is 0.408. The highest BCUT2D eigenvalue weighted by Crippen LogP contribution is 2.32. The SMILES string of the molecule is CNCc1ccc(C)cc1-c1cc(C)c(OC)c(C)c1. The molecule has 0 radical (unpaired) electrons. The third-order valence-corrected chi connectivity index (χ3v) is 3.61. The van der Waals surface area contributed by atoms with Gasteiger partial charge in [-0.15, -0.1) is 0 Å². The Morgan fingerprint density at radius 1 is 1.00 bits per heavy atom. The van der Waals surface area contributed by atoms with Crippen molar-refractivity contribution in [3.63, 3.8) is 0 Å². The number of methoxy groups -OCH3 is 1. The molecule has 0 aliphatic carbocycles. The van der Waals surface area contributed by atoms with Gasteiger partial charge in [0, 0.05) is 6.54 Å². The van der Waals surface area contributed by atoms with E-state index in [1.807, 2.05) is 7.05 Å². The molecule has 20 heavy (non-hydrogen) atoms. The van der Waals surface area contributed by atoms with Crippen molar-refractivity contribution in [1.29, 1.82) is 0 Å². The molecule has 2 heteroatoms. The summed E-state index contributed by atoms with van der Waals surface area (Å²) in [5, 5.41) is 3.24. The summed E-state index contributed by atoms with van der Waals surface area (Å²) in [6.45, 7) is 7.21. The van der Waals surface area contributed by atoms with Crippen LogP contribution in [0.1, 0.15) is 22.3 Å². The maximum atomic E-state index is 5.46. The number of ether oxygens (including phenoxy) is 1. The van der Waals surface area contributed by atoms with E-state index in [0.717, 1.165) is 12.3 Å². The summed E-state index contributed by atoms with van der Waals surface area (Å²) in [7, 11) is 3.71. The third-order valence-electron chi connectivity index (χ3n) is 3.61. The molecule has 2 nitrogen and oxygen atoms in total. The van der Waals surface area contributed by atoms with E-state index < -0.39 is 0 Å². The number of aryl methyl sites for hydroxylation is 3. The Morgan fingerprint density at radius 3 is 2.20 bits per heavy atom. The minimum atomic E-state index is 0.875. The first-order valence-corrected chi connectivity index (χ1v) is 6.96. The molecule has 0 fully saturated rings. The smallest absolute Gasteiger partial charge is 0.124 e. The molecule has 0 bridgehead atoms. The highest BCUT2D eigenvalue weighted by Gasteiger charge is 2.10. The van der Waals surface area contributed by atoms with Crippen molar-refractivity contribution in [2.75, 3.05) is 14.2 Å². The summed E-state index contributed by atoms with van der Waals surface area (Å²) in [6.07, 6.45) is 0. The van der Waals surface area contributed by atoms with Gasteiger partial charge in [-0.1, -0.05) is 23.8 Å². The van der Waals surface area contributed by atoms with Gasteiger partial charge in [-0.05, 0) is 67.8 Å². The molecule has 0 atom stereocenters. The van der Waals surface area contributed by atoms with Crippen LogP contribution in [-0.4, -0.2) is 14.2 Å². The summed E-state index contributed by atoms with van der Waals surface area (Å²) in [4.78, 5) is 0. The van der Waals surface area contributed by atoms with Gasteiger partial charge < -0.3 is 10.1 Å². The summed E-state index contributed by atoms with van der Waals surface area (Å²) >= 11 is 0. The topological polar surface area (TPSA) is 21.3 Å². The molecule has 0 amide bonds. The quantitative estimate of drug-likeness (QED) is 0.905. The lowest BCUT2D eigenvalue weighted by Crippen LogP contribution is -2.06. The molecule has 0 unspecified atom stereocenters. The molecule has 2 rings (SSSR count). The van der Waals surface area contributed by atoms with Crippen molar-refractivity contribution in [2.45, 2.75) is 27.3 Å². The molecular formula is C18H23NO. The van der Waals surface area contributed by atoms with E-state index in [9.17, 15) is 0 Å². The molecule has 2 aromatic carbocycles. The maximum absolute atomic E-state index is 5.46. The molecule has 1 N–H and O–H groups in total. The van der Waals surface area contributed by atoms with Crippen molar-refractivity contribution in [3.8, 4) is 16.9 Å². The highest BCUT2D eigenvalue weighted by molar-refractivity contribution is 5.71. The van der Waals surface area contributed by atoms with Crippen LogP contribution in [0, 0.1) is 20.8 Å². The number of benzene rings is 2. The Morgan fingerprint density at radius 2 is 1.65 bits per heavy atom. The van der Waals surface area contributed by atoms with Crippen LogP contribution in [0.4, 0.5) is 0 Å². The second-order valence-corrected chi connectivity index (χ2v) is 5.33. The van der Waals surface area contributed by atoms with Gasteiger partial charge in [0.15, 0.2) is 0 Å². The first-order chi connectivity index (χ1) is 9.56. The van der Waals surface area contributed by atoms with Gasteiger partial charge in [0.05, 0.1) is 7.11 Å². The molecule has 0 spiro atoms. The minimum Gasteiger partial charge on any atom is -0.496 e. The van der Waals surface area contributed by atoms with Crippen LogP contribution in [0.5, 0.6) is 5.75 Å². The summed E-state index contributed by atoms with van der Waals surface area (Å²) in [6, 6.07) is 11.0. The van der Waals surface area contributed by atoms with Crippen LogP contribution >= 0.6 is 0 Å². The van der Waals surface area contributed by atoms with E-state index in [4.69, 9.17) is 4.74 Å². The molecule has 0 saturated carbocycles. The fourth-order valence-corrected chi connectivity index (χ4v) is 2.73. The van der Waals surface area contributed by atoms with Crippen LogP contribution in [0.2, 0.25) is 0 Å². The fraction of sp³-hybridized carbons (Fsp3) is 0.333. The van der Waals surface area contributed by atoms with Gasteiger partial charge in [-0.25, -0.2) is 0 Å². The highest BCUT2D eigenvalue weighted by atomic mass is 16.5. The number of hydrogen-bond acceptors (Lipinski definition) is 2. The van der Waals surface area contributed by atoms with Gasteiger partial charge >= 0.3 is 0 Å². The number of nitrogens with one attached hydrogen (secondary N) is 1. The standard InChI is InChI=1S/C18H23NO/c1-12-6-7-15(11-19-4)17(8-12)16-9-13(2)18(20-5)14(3)10-16/h6-10,19H,11H2,1-5H3. The van der Waals surface area contributed by atoms with Gasteiger partial charge in [-0.3, -0.25) is 0 Å². The first-order valence-electron chi connectivity index (χ1n) is 6.96. The molecule has 0 aromatic heterocycles. The Kier molecular flexibility index (Phi) is 4.46. The average Bonchev–Trinajstić information content (AvgIpc) is 2.40. The van der Waals surface area contributed by atoms with Crippen molar-refractivity contribution >= 4 is 0 Å².